The molecule has 0 fully saturated rings. The van der Waals surface area contributed by atoms with E-state index >= 15 is 0 Å². The molecule has 1 aliphatic rings. The number of allylic oxidation sites excluding steroid dienone is 3. The number of amides is 1. The van der Waals surface area contributed by atoms with Crippen molar-refractivity contribution >= 4 is 23.4 Å². The van der Waals surface area contributed by atoms with Crippen LogP contribution in [0, 0.1) is 0 Å². The molecule has 2 atom stereocenters. The van der Waals surface area contributed by atoms with Crippen LogP contribution in [-0.4, -0.2) is 43.6 Å². The number of rotatable bonds is 7. The number of nitrogens with zero attached hydrogens (tertiary/aromatic N) is 2. The van der Waals surface area contributed by atoms with Crippen molar-refractivity contribution in [1.29, 1.82) is 0 Å². The van der Waals surface area contributed by atoms with Gasteiger partial charge in [-0.3, -0.25) is 14.8 Å². The molecular weight excluding hydrogens is 338 g/mol. The van der Waals surface area contributed by atoms with Gasteiger partial charge in [-0.15, -0.1) is 0 Å². The monoisotopic (exact) mass is 365 g/mol. The van der Waals surface area contributed by atoms with Crippen LogP contribution < -0.4 is 5.32 Å². The fourth-order valence-corrected chi connectivity index (χ4v) is 2.74. The first-order valence-corrected chi connectivity index (χ1v) is 8.90. The van der Waals surface area contributed by atoms with E-state index < -0.39 is 5.54 Å². The molecule has 5 heteroatoms. The van der Waals surface area contributed by atoms with Gasteiger partial charge < -0.3 is 10.1 Å². The molecule has 142 valence electrons. The van der Waals surface area contributed by atoms with Crippen LogP contribution in [0.2, 0.25) is 0 Å². The first-order valence-electron chi connectivity index (χ1n) is 8.90. The van der Waals surface area contributed by atoms with E-state index in [2.05, 4.69) is 21.9 Å². The van der Waals surface area contributed by atoms with E-state index in [0.717, 1.165) is 16.9 Å². The van der Waals surface area contributed by atoms with Gasteiger partial charge in [0.25, 0.3) is 5.91 Å². The quantitative estimate of drug-likeness (QED) is 0.593. The number of carbonyl (C=O) groups excluding carboxylic acids is 1. The van der Waals surface area contributed by atoms with Crippen molar-refractivity contribution in [3.8, 4) is 0 Å². The maximum Gasteiger partial charge on any atom is 0.269 e. The largest absolute Gasteiger partial charge is 0.495 e. The van der Waals surface area contributed by atoms with Gasteiger partial charge in [0.05, 0.1) is 24.9 Å². The first-order chi connectivity index (χ1) is 12.9. The maximum atomic E-state index is 12.8. The first kappa shape index (κ1) is 20.4. The second-order valence-electron chi connectivity index (χ2n) is 6.60. The Morgan fingerprint density at radius 3 is 2.63 bits per heavy atom. The number of hydrogen-bond acceptors (Lipinski definition) is 4. The van der Waals surface area contributed by atoms with Crippen LogP contribution in [0.5, 0.6) is 0 Å². The molecule has 1 aromatic rings. The lowest BCUT2D eigenvalue weighted by Gasteiger charge is -2.33. The van der Waals surface area contributed by atoms with Gasteiger partial charge in [0.2, 0.25) is 0 Å². The minimum absolute atomic E-state index is 0.176. The van der Waals surface area contributed by atoms with Crippen LogP contribution in [0.3, 0.4) is 0 Å². The Hall–Kier alpha value is -2.95. The highest BCUT2D eigenvalue weighted by Crippen LogP contribution is 2.25. The average Bonchev–Trinajstić information content (AvgIpc) is 2.70. The highest BCUT2D eigenvalue weighted by molar-refractivity contribution is 6.44. The minimum atomic E-state index is -0.430. The molecule has 2 unspecified atom stereocenters. The lowest BCUT2D eigenvalue weighted by atomic mass is 9.88. The van der Waals surface area contributed by atoms with Crippen LogP contribution in [0.15, 0.2) is 70.9 Å². The molecular formula is C22H27N3O2. The van der Waals surface area contributed by atoms with E-state index in [1.807, 2.05) is 50.3 Å². The predicted octanol–water partition coefficient (Wildman–Crippen LogP) is 3.60. The molecule has 0 radical (unpaired) electrons. The van der Waals surface area contributed by atoms with E-state index in [4.69, 9.17) is 4.74 Å². The molecule has 0 spiro atoms. The van der Waals surface area contributed by atoms with E-state index in [-0.39, 0.29) is 11.9 Å². The molecule has 0 aliphatic carbocycles. The summed E-state index contributed by atoms with van der Waals surface area (Å²) in [6, 6.07) is 9.60. The normalized spacial score (nSPS) is 21.3. The Balaban J connectivity index is 2.13. The zero-order valence-corrected chi connectivity index (χ0v) is 16.4. The Labute approximate surface area is 161 Å². The van der Waals surface area contributed by atoms with Crippen molar-refractivity contribution in [1.82, 2.24) is 5.32 Å². The van der Waals surface area contributed by atoms with Gasteiger partial charge in [0, 0.05) is 7.05 Å². The Morgan fingerprint density at radius 2 is 2.11 bits per heavy atom. The lowest BCUT2D eigenvalue weighted by molar-refractivity contribution is -0.115. The Morgan fingerprint density at radius 1 is 1.41 bits per heavy atom. The number of benzene rings is 1. The summed E-state index contributed by atoms with van der Waals surface area (Å²) in [5.41, 5.74) is 1.74. The number of nitrogens with one attached hydrogen (secondary N) is 1. The zero-order chi connectivity index (χ0) is 19.9. The number of hydrogen-bond donors (Lipinski definition) is 1. The van der Waals surface area contributed by atoms with Crippen molar-refractivity contribution in [3.63, 3.8) is 0 Å². The summed E-state index contributed by atoms with van der Waals surface area (Å²) in [5.74, 6) is 0.501. The smallest absolute Gasteiger partial charge is 0.269 e. The number of dihydropyridines is 1. The highest BCUT2D eigenvalue weighted by Gasteiger charge is 2.33. The van der Waals surface area contributed by atoms with Crippen molar-refractivity contribution in [2.75, 3.05) is 14.2 Å². The molecule has 1 aliphatic heterocycles. The van der Waals surface area contributed by atoms with Crippen LogP contribution in [0.1, 0.15) is 25.8 Å². The molecule has 1 N–H and O–H groups in total. The van der Waals surface area contributed by atoms with Crippen molar-refractivity contribution in [2.24, 2.45) is 9.98 Å². The summed E-state index contributed by atoms with van der Waals surface area (Å²) in [4.78, 5) is 21.5. The topological polar surface area (TPSA) is 63.0 Å². The van der Waals surface area contributed by atoms with E-state index in [0.29, 0.717) is 12.1 Å². The average molecular weight is 365 g/mol. The molecule has 1 amide bonds. The van der Waals surface area contributed by atoms with Crippen molar-refractivity contribution < 1.29 is 9.53 Å². The van der Waals surface area contributed by atoms with Gasteiger partial charge in [-0.05, 0) is 43.6 Å². The summed E-state index contributed by atoms with van der Waals surface area (Å²) >= 11 is 0. The second kappa shape index (κ2) is 9.12. The molecule has 1 aromatic carbocycles. The number of methoxy groups -OCH3 is 1. The van der Waals surface area contributed by atoms with Gasteiger partial charge in [-0.1, -0.05) is 43.0 Å². The lowest BCUT2D eigenvalue weighted by Crippen LogP contribution is -2.50. The fourth-order valence-electron chi connectivity index (χ4n) is 2.74. The summed E-state index contributed by atoms with van der Waals surface area (Å²) < 4.78 is 5.19. The molecule has 5 nitrogen and oxygen atoms in total. The standard InChI is InChI=1S/C22H27N3O2/c1-6-17(18-10-8-7-9-11-18)14-20(23-4)21(26)25-16(2)22(3)13-12-19(27-5)15-24-22/h6-12,14-16H,1,13H2,2-5H3,(H,25,26)/b17-14+,23-20?. The van der Waals surface area contributed by atoms with Crippen LogP contribution in [-0.2, 0) is 9.53 Å². The maximum absolute atomic E-state index is 12.8. The number of carbonyl (C=O) groups is 1. The van der Waals surface area contributed by atoms with Crippen LogP contribution in [0.25, 0.3) is 5.57 Å². The summed E-state index contributed by atoms with van der Waals surface area (Å²) in [6.45, 7) is 7.81. The zero-order valence-electron chi connectivity index (χ0n) is 16.4. The van der Waals surface area contributed by atoms with Gasteiger partial charge >= 0.3 is 0 Å². The minimum Gasteiger partial charge on any atom is -0.495 e. The third-order valence-corrected chi connectivity index (χ3v) is 4.81. The Kier molecular flexibility index (Phi) is 6.88. The van der Waals surface area contributed by atoms with Crippen molar-refractivity contribution in [3.05, 3.63) is 66.5 Å². The molecule has 0 aromatic heterocycles. The van der Waals surface area contributed by atoms with Gasteiger partial charge in [0.1, 0.15) is 11.5 Å². The van der Waals surface area contributed by atoms with Gasteiger partial charge in [-0.2, -0.15) is 0 Å². The van der Waals surface area contributed by atoms with Crippen LogP contribution in [0.4, 0.5) is 0 Å². The fraction of sp³-hybridized carbons (Fsp3) is 0.318. The predicted molar refractivity (Wildman–Crippen MR) is 112 cm³/mol. The second-order valence-corrected chi connectivity index (χ2v) is 6.60. The third-order valence-electron chi connectivity index (χ3n) is 4.81. The molecule has 27 heavy (non-hydrogen) atoms. The molecule has 2 rings (SSSR count). The van der Waals surface area contributed by atoms with E-state index in [1.54, 1.807) is 32.5 Å². The molecule has 0 saturated heterocycles. The summed E-state index contributed by atoms with van der Waals surface area (Å²) in [6.07, 6.45) is 7.84. The highest BCUT2D eigenvalue weighted by atomic mass is 16.5. The number of aliphatic imine (C=N–C) groups is 2. The van der Waals surface area contributed by atoms with Gasteiger partial charge in [0.15, 0.2) is 0 Å². The molecule has 0 saturated carbocycles. The molecule has 0 bridgehead atoms. The summed E-state index contributed by atoms with van der Waals surface area (Å²) in [5, 5.41) is 3.02. The summed E-state index contributed by atoms with van der Waals surface area (Å²) in [7, 11) is 3.22. The third kappa shape index (κ3) is 5.03. The SMILES string of the molecule is C=C/C(=C\C(=NC)C(=O)NC(C)C1(C)CC=C(OC)C=N1)c1ccccc1. The number of ether oxygens (including phenoxy) is 1. The van der Waals surface area contributed by atoms with E-state index in [1.165, 1.54) is 0 Å². The molecule has 1 heterocycles. The van der Waals surface area contributed by atoms with Crippen molar-refractivity contribution in [2.45, 2.75) is 31.8 Å². The Bertz CT molecular complexity index is 806. The van der Waals surface area contributed by atoms with E-state index in [9.17, 15) is 4.79 Å². The van der Waals surface area contributed by atoms with Crippen LogP contribution >= 0.6 is 0 Å². The van der Waals surface area contributed by atoms with Gasteiger partial charge in [-0.25, -0.2) is 0 Å².